The zero-order valence-corrected chi connectivity index (χ0v) is 21.0. The fourth-order valence-corrected chi connectivity index (χ4v) is 4.45. The number of nitrogens with zero attached hydrogens (tertiary/aromatic N) is 4. The molecule has 1 aromatic heterocycles. The van der Waals surface area contributed by atoms with Crippen molar-refractivity contribution in [2.24, 2.45) is 5.10 Å². The molecule has 2 N–H and O–H groups in total. The minimum absolute atomic E-state index is 0.00166. The second-order valence-corrected chi connectivity index (χ2v) is 8.67. The van der Waals surface area contributed by atoms with Crippen LogP contribution in [0.25, 0.3) is 11.3 Å². The summed E-state index contributed by atoms with van der Waals surface area (Å²) >= 11 is 1.31. The van der Waals surface area contributed by atoms with Crippen LogP contribution in [0, 0.1) is 21.4 Å². The average Bonchev–Trinajstić information content (AvgIpc) is 2.93. The minimum Gasteiger partial charge on any atom is -0.497 e. The third-order valence-corrected chi connectivity index (χ3v) is 6.38. The highest BCUT2D eigenvalue weighted by Gasteiger charge is 2.15. The molecule has 1 heterocycles. The summed E-state index contributed by atoms with van der Waals surface area (Å²) in [6.07, 6.45) is 1.38. The first-order valence-electron chi connectivity index (χ1n) is 11.0. The van der Waals surface area contributed by atoms with E-state index in [1.54, 1.807) is 62.8 Å². The summed E-state index contributed by atoms with van der Waals surface area (Å²) in [6, 6.07) is 20.4. The summed E-state index contributed by atoms with van der Waals surface area (Å²) in [4.78, 5) is 31.6. The number of nitriles is 1. The maximum atomic E-state index is 12.5. The van der Waals surface area contributed by atoms with Crippen LogP contribution in [0.4, 0.5) is 11.6 Å². The predicted octanol–water partition coefficient (Wildman–Crippen LogP) is 4.83. The van der Waals surface area contributed by atoms with E-state index in [1.807, 2.05) is 12.1 Å². The molecule has 0 aliphatic heterocycles. The number of rotatable bonds is 9. The standard InChI is InChI=1S/C26H20N6O5S/c1-36-19-9-10-21(37-2)23(13-19)38-22-11-8-18(32(34)35)12-17(22)15-28-31-26-29-24(16-6-4-3-5-7-16)20(14-27)25(33)30-26/h3-13,15H,1-2H3,(H2,29,30,31,33). The van der Waals surface area contributed by atoms with E-state index in [9.17, 15) is 20.2 Å². The average molecular weight is 529 g/mol. The van der Waals surface area contributed by atoms with Crippen LogP contribution in [-0.2, 0) is 0 Å². The molecule has 11 nitrogen and oxygen atoms in total. The van der Waals surface area contributed by atoms with Gasteiger partial charge in [0.2, 0.25) is 5.95 Å². The molecule has 190 valence electrons. The fraction of sp³-hybridized carbons (Fsp3) is 0.0769. The summed E-state index contributed by atoms with van der Waals surface area (Å²) in [5, 5.41) is 25.0. The summed E-state index contributed by atoms with van der Waals surface area (Å²) < 4.78 is 10.7. The first kappa shape index (κ1) is 25.9. The van der Waals surface area contributed by atoms with E-state index in [0.717, 1.165) is 4.90 Å². The molecule has 0 aliphatic carbocycles. The number of hydrazone groups is 1. The van der Waals surface area contributed by atoms with Gasteiger partial charge >= 0.3 is 0 Å². The van der Waals surface area contributed by atoms with E-state index in [1.165, 1.54) is 30.1 Å². The van der Waals surface area contributed by atoms with Gasteiger partial charge in [-0.3, -0.25) is 19.9 Å². The molecule has 0 amide bonds. The minimum atomic E-state index is -0.629. The second kappa shape index (κ2) is 11.7. The second-order valence-electron chi connectivity index (χ2n) is 7.58. The van der Waals surface area contributed by atoms with E-state index in [0.29, 0.717) is 27.5 Å². The van der Waals surface area contributed by atoms with Crippen LogP contribution >= 0.6 is 11.8 Å². The highest BCUT2D eigenvalue weighted by atomic mass is 32.2. The lowest BCUT2D eigenvalue weighted by atomic mass is 10.1. The van der Waals surface area contributed by atoms with E-state index in [2.05, 4.69) is 20.5 Å². The maximum Gasteiger partial charge on any atom is 0.270 e. The van der Waals surface area contributed by atoms with Crippen molar-refractivity contribution in [2.75, 3.05) is 19.6 Å². The van der Waals surface area contributed by atoms with Gasteiger partial charge in [0.1, 0.15) is 23.1 Å². The molecule has 0 radical (unpaired) electrons. The van der Waals surface area contributed by atoms with Gasteiger partial charge < -0.3 is 9.47 Å². The summed E-state index contributed by atoms with van der Waals surface area (Å²) in [7, 11) is 3.10. The van der Waals surface area contributed by atoms with E-state index < -0.39 is 10.5 Å². The molecule has 0 fully saturated rings. The third-order valence-electron chi connectivity index (χ3n) is 5.25. The summed E-state index contributed by atoms with van der Waals surface area (Å²) in [5.41, 5.74) is 2.99. The molecule has 0 bridgehead atoms. The first-order valence-corrected chi connectivity index (χ1v) is 11.8. The largest absolute Gasteiger partial charge is 0.497 e. The SMILES string of the molecule is COc1ccc(OC)c(Sc2ccc([N+](=O)[O-])cc2C=NNc2nc(-c3ccccc3)c(C#N)c(=O)[nH]2)c1. The molecule has 4 aromatic rings. The van der Waals surface area contributed by atoms with Crippen molar-refractivity contribution in [1.29, 1.82) is 5.26 Å². The number of ether oxygens (including phenoxy) is 2. The molecular weight excluding hydrogens is 508 g/mol. The Morgan fingerprint density at radius 2 is 1.89 bits per heavy atom. The van der Waals surface area contributed by atoms with Crippen molar-refractivity contribution in [3.63, 3.8) is 0 Å². The Morgan fingerprint density at radius 3 is 2.58 bits per heavy atom. The number of nitro groups is 1. The topological polar surface area (TPSA) is 156 Å². The lowest BCUT2D eigenvalue weighted by molar-refractivity contribution is -0.384. The zero-order valence-electron chi connectivity index (χ0n) is 20.2. The van der Waals surface area contributed by atoms with E-state index >= 15 is 0 Å². The highest BCUT2D eigenvalue weighted by Crippen LogP contribution is 2.39. The number of methoxy groups -OCH3 is 2. The van der Waals surface area contributed by atoms with E-state index in [4.69, 9.17) is 9.47 Å². The molecule has 38 heavy (non-hydrogen) atoms. The van der Waals surface area contributed by atoms with Gasteiger partial charge in [0, 0.05) is 28.2 Å². The monoisotopic (exact) mass is 528 g/mol. The Morgan fingerprint density at radius 1 is 1.11 bits per heavy atom. The Labute approximate surface area is 220 Å². The van der Waals surface area contributed by atoms with Gasteiger partial charge in [0.15, 0.2) is 0 Å². The van der Waals surface area contributed by atoms with Gasteiger partial charge in [-0.25, -0.2) is 10.4 Å². The summed E-state index contributed by atoms with van der Waals surface area (Å²) in [6.45, 7) is 0. The number of H-pyrrole nitrogens is 1. The van der Waals surface area contributed by atoms with Crippen molar-refractivity contribution in [3.8, 4) is 28.8 Å². The Hall–Kier alpha value is -5.15. The number of hydrogen-bond donors (Lipinski definition) is 2. The molecule has 0 aliphatic rings. The van der Waals surface area contributed by atoms with Gasteiger partial charge in [-0.05, 0) is 24.3 Å². The maximum absolute atomic E-state index is 12.5. The molecule has 0 spiro atoms. The van der Waals surface area contributed by atoms with Crippen molar-refractivity contribution < 1.29 is 14.4 Å². The smallest absolute Gasteiger partial charge is 0.270 e. The highest BCUT2D eigenvalue weighted by molar-refractivity contribution is 7.99. The molecule has 3 aromatic carbocycles. The number of hydrogen-bond acceptors (Lipinski definition) is 10. The van der Waals surface area contributed by atoms with Crippen molar-refractivity contribution in [2.45, 2.75) is 9.79 Å². The summed E-state index contributed by atoms with van der Waals surface area (Å²) in [5.74, 6) is 1.22. The third kappa shape index (κ3) is 5.80. The van der Waals surface area contributed by atoms with Gasteiger partial charge in [0.25, 0.3) is 11.2 Å². The number of anilines is 1. The quantitative estimate of drug-likeness (QED) is 0.176. The van der Waals surface area contributed by atoms with Crippen LogP contribution < -0.4 is 20.5 Å². The molecule has 0 unspecified atom stereocenters. The van der Waals surface area contributed by atoms with Crippen LogP contribution in [0.15, 0.2) is 86.4 Å². The molecule has 12 heteroatoms. The van der Waals surface area contributed by atoms with E-state index in [-0.39, 0.29) is 22.9 Å². The first-order chi connectivity index (χ1) is 18.4. The molecule has 0 saturated heterocycles. The Kier molecular flexibility index (Phi) is 8.00. The number of aromatic amines is 1. The lowest BCUT2D eigenvalue weighted by Gasteiger charge is -2.11. The fourth-order valence-electron chi connectivity index (χ4n) is 3.42. The number of nitrogens with one attached hydrogen (secondary N) is 2. The van der Waals surface area contributed by atoms with Crippen LogP contribution in [-0.4, -0.2) is 35.3 Å². The van der Waals surface area contributed by atoms with Crippen molar-refractivity contribution in [1.82, 2.24) is 9.97 Å². The van der Waals surface area contributed by atoms with Crippen LogP contribution in [0.2, 0.25) is 0 Å². The van der Waals surface area contributed by atoms with Gasteiger partial charge in [0.05, 0.1) is 35.9 Å². The van der Waals surface area contributed by atoms with Crippen molar-refractivity contribution in [3.05, 3.63) is 98.3 Å². The number of aromatic nitrogens is 2. The van der Waals surface area contributed by atoms with Gasteiger partial charge in [-0.15, -0.1) is 0 Å². The Balaban J connectivity index is 1.68. The zero-order chi connectivity index (χ0) is 27.1. The number of non-ortho nitro benzene ring substituents is 1. The number of benzene rings is 3. The normalized spacial score (nSPS) is 10.7. The van der Waals surface area contributed by atoms with Crippen LogP contribution in [0.5, 0.6) is 11.5 Å². The van der Waals surface area contributed by atoms with Crippen LogP contribution in [0.1, 0.15) is 11.1 Å². The molecule has 0 saturated carbocycles. The van der Waals surface area contributed by atoms with Gasteiger partial charge in [-0.1, -0.05) is 42.1 Å². The molecular formula is C26H20N6O5S. The predicted molar refractivity (Wildman–Crippen MR) is 143 cm³/mol. The number of nitro benzene ring substituents is 1. The molecule has 4 rings (SSSR count). The Bertz CT molecular complexity index is 1620. The van der Waals surface area contributed by atoms with Gasteiger partial charge in [-0.2, -0.15) is 10.4 Å². The van der Waals surface area contributed by atoms with Crippen LogP contribution in [0.3, 0.4) is 0 Å². The lowest BCUT2D eigenvalue weighted by Crippen LogP contribution is -2.16. The molecule has 0 atom stereocenters. The van der Waals surface area contributed by atoms with Crippen molar-refractivity contribution >= 4 is 29.6 Å².